The zero-order chi connectivity index (χ0) is 20.8. The minimum absolute atomic E-state index is 0.138. The van der Waals surface area contributed by atoms with E-state index in [2.05, 4.69) is 15.2 Å². The van der Waals surface area contributed by atoms with Gasteiger partial charge in [-0.1, -0.05) is 11.6 Å². The number of hydrogen-bond acceptors (Lipinski definition) is 6. The molecule has 2 heterocycles. The van der Waals surface area contributed by atoms with Gasteiger partial charge in [0.15, 0.2) is 5.76 Å². The summed E-state index contributed by atoms with van der Waals surface area (Å²) in [5, 5.41) is 7.39. The SMILES string of the molecule is CCn1ncc(Cl)c1CNC(=O)c1ccc(COc2ccc(C(=O)OC)cc2)o1. The third-order valence-corrected chi connectivity index (χ3v) is 4.47. The number of carbonyl (C=O) groups excluding carboxylic acids is 2. The molecule has 0 atom stereocenters. The lowest BCUT2D eigenvalue weighted by molar-refractivity contribution is 0.0600. The summed E-state index contributed by atoms with van der Waals surface area (Å²) >= 11 is 6.09. The van der Waals surface area contributed by atoms with Gasteiger partial charge in [0, 0.05) is 6.54 Å². The van der Waals surface area contributed by atoms with Crippen LogP contribution in [0.15, 0.2) is 47.0 Å². The number of nitrogens with one attached hydrogen (secondary N) is 1. The number of rotatable bonds is 8. The first kappa shape index (κ1) is 20.5. The fourth-order valence-corrected chi connectivity index (χ4v) is 2.83. The normalized spacial score (nSPS) is 10.6. The van der Waals surface area contributed by atoms with E-state index in [1.165, 1.54) is 7.11 Å². The average Bonchev–Trinajstić information content (AvgIpc) is 3.36. The molecule has 0 aliphatic rings. The van der Waals surface area contributed by atoms with Gasteiger partial charge in [-0.2, -0.15) is 5.10 Å². The van der Waals surface area contributed by atoms with E-state index in [9.17, 15) is 9.59 Å². The van der Waals surface area contributed by atoms with Crippen LogP contribution in [0.3, 0.4) is 0 Å². The summed E-state index contributed by atoms with van der Waals surface area (Å²) in [4.78, 5) is 23.7. The number of ether oxygens (including phenoxy) is 2. The number of furan rings is 1. The third-order valence-electron chi connectivity index (χ3n) is 4.16. The van der Waals surface area contributed by atoms with Gasteiger partial charge in [-0.05, 0) is 43.3 Å². The van der Waals surface area contributed by atoms with Gasteiger partial charge in [0.25, 0.3) is 5.91 Å². The number of benzene rings is 1. The van der Waals surface area contributed by atoms with Gasteiger partial charge in [-0.25, -0.2) is 4.79 Å². The van der Waals surface area contributed by atoms with Crippen molar-refractivity contribution >= 4 is 23.5 Å². The van der Waals surface area contributed by atoms with Gasteiger partial charge >= 0.3 is 5.97 Å². The van der Waals surface area contributed by atoms with Crippen molar-refractivity contribution in [3.63, 3.8) is 0 Å². The standard InChI is InChI=1S/C20H20ClN3O5/c1-3-24-17(16(21)10-23-24)11-22-19(25)18-9-8-15(29-18)12-28-14-6-4-13(5-7-14)20(26)27-2/h4-10H,3,11-12H2,1-2H3,(H,22,25). The van der Waals surface area contributed by atoms with Crippen molar-refractivity contribution in [1.29, 1.82) is 0 Å². The van der Waals surface area contributed by atoms with Crippen LogP contribution in [0.4, 0.5) is 0 Å². The highest BCUT2D eigenvalue weighted by Crippen LogP contribution is 2.17. The minimum atomic E-state index is -0.415. The van der Waals surface area contributed by atoms with Gasteiger partial charge in [-0.15, -0.1) is 0 Å². The molecule has 0 bridgehead atoms. The van der Waals surface area contributed by atoms with E-state index in [1.807, 2.05) is 6.92 Å². The molecule has 8 nitrogen and oxygen atoms in total. The van der Waals surface area contributed by atoms with Crippen LogP contribution in [0.25, 0.3) is 0 Å². The van der Waals surface area contributed by atoms with Gasteiger partial charge in [0.2, 0.25) is 0 Å². The van der Waals surface area contributed by atoms with Gasteiger partial charge in [0.05, 0.1) is 36.1 Å². The summed E-state index contributed by atoms with van der Waals surface area (Å²) in [6, 6.07) is 9.77. The second kappa shape index (κ2) is 9.29. The topological polar surface area (TPSA) is 95.6 Å². The highest BCUT2D eigenvalue weighted by atomic mass is 35.5. The number of carbonyl (C=O) groups is 2. The monoisotopic (exact) mass is 417 g/mol. The van der Waals surface area contributed by atoms with Crippen LogP contribution in [0, 0.1) is 0 Å². The van der Waals surface area contributed by atoms with Crippen molar-refractivity contribution in [2.45, 2.75) is 26.6 Å². The van der Waals surface area contributed by atoms with Crippen LogP contribution in [0.2, 0.25) is 5.02 Å². The molecule has 29 heavy (non-hydrogen) atoms. The fourth-order valence-electron chi connectivity index (χ4n) is 2.62. The largest absolute Gasteiger partial charge is 0.486 e. The Kier molecular flexibility index (Phi) is 6.56. The molecule has 0 saturated carbocycles. The van der Waals surface area contributed by atoms with Crippen LogP contribution in [0.1, 0.15) is 39.3 Å². The number of halogens is 1. The molecule has 2 aromatic heterocycles. The van der Waals surface area contributed by atoms with E-state index < -0.39 is 5.97 Å². The van der Waals surface area contributed by atoms with E-state index in [0.29, 0.717) is 28.6 Å². The first-order valence-electron chi connectivity index (χ1n) is 8.90. The lowest BCUT2D eigenvalue weighted by Crippen LogP contribution is -2.24. The summed E-state index contributed by atoms with van der Waals surface area (Å²) < 4.78 is 17.5. The molecule has 0 radical (unpaired) electrons. The summed E-state index contributed by atoms with van der Waals surface area (Å²) in [6.45, 7) is 2.97. The Hall–Kier alpha value is -3.26. The maximum Gasteiger partial charge on any atom is 0.337 e. The molecule has 3 rings (SSSR count). The van der Waals surface area contributed by atoms with Crippen LogP contribution in [0.5, 0.6) is 5.75 Å². The smallest absolute Gasteiger partial charge is 0.337 e. The molecular formula is C20H20ClN3O5. The Morgan fingerprint density at radius 1 is 1.21 bits per heavy atom. The number of amides is 1. The van der Waals surface area contributed by atoms with Crippen molar-refractivity contribution in [3.05, 3.63) is 70.4 Å². The van der Waals surface area contributed by atoms with Crippen LogP contribution >= 0.6 is 11.6 Å². The fraction of sp³-hybridized carbons (Fsp3) is 0.250. The number of hydrogen-bond donors (Lipinski definition) is 1. The van der Waals surface area contributed by atoms with Crippen LogP contribution in [-0.4, -0.2) is 28.8 Å². The molecule has 0 aliphatic carbocycles. The molecule has 1 amide bonds. The van der Waals surface area contributed by atoms with Crippen molar-refractivity contribution in [2.75, 3.05) is 7.11 Å². The number of aromatic nitrogens is 2. The molecular weight excluding hydrogens is 398 g/mol. The Morgan fingerprint density at radius 3 is 2.66 bits per heavy atom. The number of aryl methyl sites for hydroxylation is 1. The lowest BCUT2D eigenvalue weighted by Gasteiger charge is -2.07. The molecule has 0 aliphatic heterocycles. The molecule has 3 aromatic rings. The third kappa shape index (κ3) is 4.97. The van der Waals surface area contributed by atoms with Gasteiger partial charge in [0.1, 0.15) is 18.1 Å². The van der Waals surface area contributed by atoms with Crippen molar-refractivity contribution in [1.82, 2.24) is 15.1 Å². The maximum atomic E-state index is 12.3. The zero-order valence-electron chi connectivity index (χ0n) is 16.0. The molecule has 1 aromatic carbocycles. The van der Waals surface area contributed by atoms with E-state index in [1.54, 1.807) is 47.3 Å². The van der Waals surface area contributed by atoms with Crippen LogP contribution in [-0.2, 0) is 24.4 Å². The lowest BCUT2D eigenvalue weighted by atomic mass is 10.2. The average molecular weight is 418 g/mol. The van der Waals surface area contributed by atoms with Crippen LogP contribution < -0.4 is 10.1 Å². The number of methoxy groups -OCH3 is 1. The summed E-state index contributed by atoms with van der Waals surface area (Å²) in [7, 11) is 1.32. The Bertz CT molecular complexity index is 994. The maximum absolute atomic E-state index is 12.3. The zero-order valence-corrected chi connectivity index (χ0v) is 16.7. The van der Waals surface area contributed by atoms with Gasteiger partial charge < -0.3 is 19.2 Å². The minimum Gasteiger partial charge on any atom is -0.486 e. The van der Waals surface area contributed by atoms with E-state index in [-0.39, 0.29) is 24.8 Å². The van der Waals surface area contributed by atoms with Crippen molar-refractivity contribution < 1.29 is 23.5 Å². The van der Waals surface area contributed by atoms with Crippen molar-refractivity contribution in [2.24, 2.45) is 0 Å². The number of esters is 1. The second-order valence-electron chi connectivity index (χ2n) is 6.01. The molecule has 152 valence electrons. The number of nitrogens with zero attached hydrogens (tertiary/aromatic N) is 2. The first-order chi connectivity index (χ1) is 14.0. The van der Waals surface area contributed by atoms with E-state index in [0.717, 1.165) is 5.69 Å². The second-order valence-corrected chi connectivity index (χ2v) is 6.42. The Balaban J connectivity index is 1.54. The van der Waals surface area contributed by atoms with E-state index in [4.69, 9.17) is 20.8 Å². The first-order valence-corrected chi connectivity index (χ1v) is 9.28. The predicted molar refractivity (Wildman–Crippen MR) is 105 cm³/mol. The molecule has 1 N–H and O–H groups in total. The highest BCUT2D eigenvalue weighted by Gasteiger charge is 2.14. The molecule has 0 saturated heterocycles. The molecule has 9 heteroatoms. The highest BCUT2D eigenvalue weighted by molar-refractivity contribution is 6.31. The molecule has 0 spiro atoms. The molecule has 0 unspecified atom stereocenters. The summed E-state index contributed by atoms with van der Waals surface area (Å²) in [5.74, 6) is 0.440. The Morgan fingerprint density at radius 2 is 1.97 bits per heavy atom. The predicted octanol–water partition coefficient (Wildman–Crippen LogP) is 3.45. The van der Waals surface area contributed by atoms with E-state index >= 15 is 0 Å². The van der Waals surface area contributed by atoms with Gasteiger partial charge in [-0.3, -0.25) is 9.48 Å². The summed E-state index contributed by atoms with van der Waals surface area (Å²) in [5.41, 5.74) is 1.16. The van der Waals surface area contributed by atoms with Crippen molar-refractivity contribution in [3.8, 4) is 5.75 Å². The Labute approximate surface area is 172 Å². The summed E-state index contributed by atoms with van der Waals surface area (Å²) in [6.07, 6.45) is 1.55. The molecule has 0 fully saturated rings. The quantitative estimate of drug-likeness (QED) is 0.564.